The number of aliphatic hydroxyl groups is 1. The average molecular weight is 778 g/mol. The number of aromatic nitrogens is 2. The summed E-state index contributed by atoms with van der Waals surface area (Å²) in [6.07, 6.45) is -2.54. The van der Waals surface area contributed by atoms with Gasteiger partial charge in [0, 0.05) is 17.3 Å². The molecule has 11 nitrogen and oxygen atoms in total. The number of carbonyl (C=O) groups is 1. The fourth-order valence-electron chi connectivity index (χ4n) is 6.65. The molecule has 294 valence electrons. The number of ether oxygens (including phenoxy) is 4. The zero-order chi connectivity index (χ0) is 40.3. The molecule has 0 saturated carbocycles. The topological polar surface area (TPSA) is 130 Å². The molecule has 0 aliphatic carbocycles. The van der Waals surface area contributed by atoms with E-state index in [-0.39, 0.29) is 17.5 Å². The third-order valence-corrected chi connectivity index (χ3v) is 15.3. The van der Waals surface area contributed by atoms with E-state index in [1.807, 2.05) is 84.9 Å². The van der Waals surface area contributed by atoms with Crippen LogP contribution >= 0.6 is 0 Å². The van der Waals surface area contributed by atoms with Crippen LogP contribution in [-0.2, 0) is 19.5 Å². The van der Waals surface area contributed by atoms with Gasteiger partial charge in [0.15, 0.2) is 14.5 Å². The predicted molar refractivity (Wildman–Crippen MR) is 218 cm³/mol. The van der Waals surface area contributed by atoms with Crippen LogP contribution in [0.4, 0.5) is 5.82 Å². The summed E-state index contributed by atoms with van der Waals surface area (Å²) in [5, 5.41) is 14.7. The molecule has 4 aromatic carbocycles. The molecule has 1 saturated heterocycles. The molecular weight excluding hydrogens is 727 g/mol. The Kier molecular flexibility index (Phi) is 12.0. The maximum atomic E-state index is 13.8. The first kappa shape index (κ1) is 40.5. The van der Waals surface area contributed by atoms with Gasteiger partial charge in [0.1, 0.15) is 41.2 Å². The number of carbonyl (C=O) groups excluding carboxylic acids is 1. The first-order chi connectivity index (χ1) is 26.7. The number of nitrogens with zero attached hydrogens (tertiary/aromatic N) is 2. The number of rotatable bonds is 13. The van der Waals surface area contributed by atoms with Crippen LogP contribution < -0.4 is 20.5 Å². The van der Waals surface area contributed by atoms with E-state index in [1.54, 1.807) is 51.6 Å². The summed E-state index contributed by atoms with van der Waals surface area (Å²) in [5.74, 6) is 1.12. The number of aryl methyl sites for hydroxylation is 1. The predicted octanol–water partition coefficient (Wildman–Crippen LogP) is 7.48. The molecule has 1 aromatic heterocycles. The van der Waals surface area contributed by atoms with Gasteiger partial charge in [0.25, 0.3) is 5.91 Å². The highest BCUT2D eigenvalue weighted by Gasteiger charge is 2.52. The van der Waals surface area contributed by atoms with Crippen LogP contribution in [0.2, 0.25) is 18.1 Å². The quantitative estimate of drug-likeness (QED) is 0.0924. The van der Waals surface area contributed by atoms with Gasteiger partial charge < -0.3 is 33.8 Å². The Bertz CT molecular complexity index is 2110. The van der Waals surface area contributed by atoms with Crippen LogP contribution in [0.15, 0.2) is 120 Å². The van der Waals surface area contributed by atoms with Crippen molar-refractivity contribution < 1.29 is 33.3 Å². The first-order valence-electron chi connectivity index (χ1n) is 18.6. The molecule has 1 amide bonds. The van der Waals surface area contributed by atoms with Crippen LogP contribution in [-0.4, -0.2) is 68.0 Å². The Balaban J connectivity index is 1.40. The molecule has 2 N–H and O–H groups in total. The zero-order valence-corrected chi connectivity index (χ0v) is 34.2. The van der Waals surface area contributed by atoms with Crippen molar-refractivity contribution >= 4 is 20.0 Å². The van der Waals surface area contributed by atoms with Crippen LogP contribution in [0, 0.1) is 6.92 Å². The van der Waals surface area contributed by atoms with Crippen molar-refractivity contribution in [3.05, 3.63) is 154 Å². The summed E-state index contributed by atoms with van der Waals surface area (Å²) in [5.41, 5.74) is 1.59. The normalized spacial score (nSPS) is 18.7. The maximum Gasteiger partial charge on any atom is 0.351 e. The number of hydrogen-bond donors (Lipinski definition) is 2. The number of hydrogen-bond acceptors (Lipinski definition) is 9. The van der Waals surface area contributed by atoms with Crippen LogP contribution in [0.5, 0.6) is 11.5 Å². The van der Waals surface area contributed by atoms with E-state index < -0.39 is 50.1 Å². The highest BCUT2D eigenvalue weighted by molar-refractivity contribution is 6.74. The lowest BCUT2D eigenvalue weighted by molar-refractivity contribution is -0.0956. The van der Waals surface area contributed by atoms with E-state index >= 15 is 0 Å². The van der Waals surface area contributed by atoms with Crippen LogP contribution in [0.3, 0.4) is 0 Å². The fourth-order valence-corrected chi connectivity index (χ4v) is 7.94. The lowest BCUT2D eigenvalue weighted by Crippen LogP contribution is -2.49. The highest BCUT2D eigenvalue weighted by atomic mass is 28.4. The maximum absolute atomic E-state index is 13.8. The first-order valence-corrected chi connectivity index (χ1v) is 21.6. The molecule has 1 aliphatic heterocycles. The van der Waals surface area contributed by atoms with Crippen molar-refractivity contribution in [1.82, 2.24) is 9.55 Å². The summed E-state index contributed by atoms with van der Waals surface area (Å²) in [4.78, 5) is 31.1. The lowest BCUT2D eigenvalue weighted by Gasteiger charge is -2.40. The lowest BCUT2D eigenvalue weighted by atomic mass is 9.80. The molecule has 56 heavy (non-hydrogen) atoms. The molecule has 5 aromatic rings. The summed E-state index contributed by atoms with van der Waals surface area (Å²) in [6, 6.07) is 33.9. The molecule has 0 spiro atoms. The Morgan fingerprint density at radius 1 is 0.839 bits per heavy atom. The third kappa shape index (κ3) is 8.21. The summed E-state index contributed by atoms with van der Waals surface area (Å²) in [7, 11) is 0.687. The van der Waals surface area contributed by atoms with E-state index in [1.165, 1.54) is 4.57 Å². The molecule has 12 heteroatoms. The Morgan fingerprint density at radius 2 is 1.36 bits per heavy atom. The van der Waals surface area contributed by atoms with Crippen LogP contribution in [0.25, 0.3) is 0 Å². The van der Waals surface area contributed by atoms with Gasteiger partial charge in [-0.2, -0.15) is 4.98 Å². The minimum Gasteiger partial charge on any atom is -0.497 e. The SMILES string of the molecule is COc1ccc(C(OC[C@H]2O[C@@H](n3cc(C)c(NC(=O)c4ccccc4)nc3=O)C(O[Si](C)(C)C(C)(C)C)[C@H]2O)(c2ccccc2)c2ccc(OC)cc2)cc1. The second kappa shape index (κ2) is 16.5. The van der Waals surface area contributed by atoms with E-state index in [0.29, 0.717) is 22.6 Å². The molecule has 0 radical (unpaired) electrons. The molecule has 1 fully saturated rings. The number of methoxy groups -OCH3 is 2. The van der Waals surface area contributed by atoms with Gasteiger partial charge in [-0.05, 0) is 78.1 Å². The van der Waals surface area contributed by atoms with Gasteiger partial charge in [-0.15, -0.1) is 0 Å². The van der Waals surface area contributed by atoms with E-state index in [4.69, 9.17) is 23.4 Å². The summed E-state index contributed by atoms with van der Waals surface area (Å²) < 4.78 is 33.0. The van der Waals surface area contributed by atoms with Crippen molar-refractivity contribution in [1.29, 1.82) is 0 Å². The monoisotopic (exact) mass is 777 g/mol. The Hall–Kier alpha value is -5.11. The molecule has 1 unspecified atom stereocenters. The van der Waals surface area contributed by atoms with Gasteiger partial charge in [0.05, 0.1) is 20.8 Å². The van der Waals surface area contributed by atoms with E-state index in [9.17, 15) is 14.7 Å². The molecule has 6 rings (SSSR count). The van der Waals surface area contributed by atoms with E-state index in [0.717, 1.165) is 16.7 Å². The molecule has 0 bridgehead atoms. The number of aliphatic hydroxyl groups excluding tert-OH is 1. The Morgan fingerprint density at radius 3 is 1.88 bits per heavy atom. The van der Waals surface area contributed by atoms with Crippen molar-refractivity contribution in [3.63, 3.8) is 0 Å². The number of amides is 1. The fraction of sp³-hybridized carbons (Fsp3) is 0.341. The molecule has 4 atom stereocenters. The minimum absolute atomic E-state index is 0.0889. The summed E-state index contributed by atoms with van der Waals surface area (Å²) in [6.45, 7) is 12.2. The van der Waals surface area contributed by atoms with Crippen molar-refractivity contribution in [2.45, 2.75) is 76.0 Å². The second-order valence-electron chi connectivity index (χ2n) is 15.5. The molecular formula is C44H51N3O8Si. The van der Waals surface area contributed by atoms with Crippen molar-refractivity contribution in [3.8, 4) is 11.5 Å². The number of benzene rings is 4. The van der Waals surface area contributed by atoms with Gasteiger partial charge in [-0.3, -0.25) is 9.36 Å². The number of anilines is 1. The van der Waals surface area contributed by atoms with Crippen LogP contribution in [0.1, 0.15) is 59.6 Å². The van der Waals surface area contributed by atoms with Crippen molar-refractivity contribution in [2.75, 3.05) is 26.1 Å². The zero-order valence-electron chi connectivity index (χ0n) is 33.2. The second-order valence-corrected chi connectivity index (χ2v) is 20.3. The summed E-state index contributed by atoms with van der Waals surface area (Å²) >= 11 is 0. The van der Waals surface area contributed by atoms with Crippen molar-refractivity contribution in [2.24, 2.45) is 0 Å². The minimum atomic E-state index is -2.55. The van der Waals surface area contributed by atoms with Gasteiger partial charge >= 0.3 is 5.69 Å². The standard InChI is InChI=1S/C44H51N3O8Si/c1-29-27-47(42(50)46-39(29)45-40(49)30-15-11-9-12-16-30)41-38(55-56(7,8)43(2,3)4)37(48)36(54-41)28-53-44(31-17-13-10-14-18-31,32-19-23-34(51-5)24-20-32)33-21-25-35(52-6)26-22-33/h9-27,36-38,41,48H,28H2,1-8H3,(H,45,46,49,50)/t36-,37+,38?,41-/m1/s1. The Labute approximate surface area is 329 Å². The smallest absolute Gasteiger partial charge is 0.351 e. The van der Waals surface area contributed by atoms with Gasteiger partial charge in [0.2, 0.25) is 0 Å². The molecule has 1 aliphatic rings. The number of nitrogens with one attached hydrogen (secondary N) is 1. The van der Waals surface area contributed by atoms with Gasteiger partial charge in [-0.1, -0.05) is 93.6 Å². The average Bonchev–Trinajstić information content (AvgIpc) is 3.50. The third-order valence-electron chi connectivity index (χ3n) is 10.9. The largest absolute Gasteiger partial charge is 0.497 e. The van der Waals surface area contributed by atoms with Gasteiger partial charge in [-0.25, -0.2) is 4.79 Å². The van der Waals surface area contributed by atoms with E-state index in [2.05, 4.69) is 44.2 Å². The molecule has 2 heterocycles. The highest BCUT2D eigenvalue weighted by Crippen LogP contribution is 2.45.